The van der Waals surface area contributed by atoms with Crippen LogP contribution in [0, 0.1) is 13.8 Å². The molecule has 19 heavy (non-hydrogen) atoms. The van der Waals surface area contributed by atoms with Crippen molar-refractivity contribution in [2.24, 2.45) is 0 Å². The van der Waals surface area contributed by atoms with E-state index in [1.807, 2.05) is 6.92 Å². The number of aromatic nitrogens is 2. The Morgan fingerprint density at radius 3 is 2.68 bits per heavy atom. The molecule has 98 valence electrons. The fraction of sp³-hybridized carbons (Fsp3) is 0.154. The van der Waals surface area contributed by atoms with Gasteiger partial charge in [-0.15, -0.1) is 0 Å². The van der Waals surface area contributed by atoms with Gasteiger partial charge in [0.15, 0.2) is 5.16 Å². The first kappa shape index (κ1) is 13.4. The van der Waals surface area contributed by atoms with Crippen molar-refractivity contribution in [3.05, 3.63) is 51.4 Å². The van der Waals surface area contributed by atoms with Crippen molar-refractivity contribution in [1.29, 1.82) is 0 Å². The summed E-state index contributed by atoms with van der Waals surface area (Å²) in [4.78, 5) is 29.8. The van der Waals surface area contributed by atoms with Crippen molar-refractivity contribution in [2.75, 3.05) is 0 Å². The van der Waals surface area contributed by atoms with Gasteiger partial charge in [-0.2, -0.15) is 0 Å². The van der Waals surface area contributed by atoms with Crippen molar-refractivity contribution in [3.8, 4) is 0 Å². The quantitative estimate of drug-likeness (QED) is 0.840. The summed E-state index contributed by atoms with van der Waals surface area (Å²) in [6.07, 6.45) is 0. The standard InChI is InChI=1S/C13H12N2O3S/c1-7-3-4-9(12(17)18)10(5-7)19-13-14-8(2)6-11(16)15-13/h3-6H,1-2H3,(H,17,18)(H,14,15,16). The van der Waals surface area contributed by atoms with Crippen molar-refractivity contribution in [1.82, 2.24) is 9.97 Å². The minimum Gasteiger partial charge on any atom is -0.478 e. The minimum atomic E-state index is -1.00. The molecule has 1 aromatic carbocycles. The number of carboxylic acids is 1. The number of aryl methyl sites for hydroxylation is 2. The van der Waals surface area contributed by atoms with Crippen molar-refractivity contribution >= 4 is 17.7 Å². The van der Waals surface area contributed by atoms with Crippen LogP contribution in [0.2, 0.25) is 0 Å². The lowest BCUT2D eigenvalue weighted by Gasteiger charge is -2.06. The van der Waals surface area contributed by atoms with E-state index in [4.69, 9.17) is 5.11 Å². The topological polar surface area (TPSA) is 83.0 Å². The number of aromatic carboxylic acids is 1. The average Bonchev–Trinajstić information content (AvgIpc) is 2.26. The summed E-state index contributed by atoms with van der Waals surface area (Å²) in [7, 11) is 0. The van der Waals surface area contributed by atoms with Gasteiger partial charge >= 0.3 is 5.97 Å². The first-order valence-electron chi connectivity index (χ1n) is 5.55. The van der Waals surface area contributed by atoms with Gasteiger partial charge in [0.1, 0.15) is 0 Å². The molecule has 0 atom stereocenters. The molecule has 0 aliphatic rings. The third-order valence-corrected chi connectivity index (χ3v) is 3.37. The maximum Gasteiger partial charge on any atom is 0.336 e. The Morgan fingerprint density at radius 2 is 2.05 bits per heavy atom. The van der Waals surface area contributed by atoms with E-state index in [1.165, 1.54) is 6.07 Å². The number of benzene rings is 1. The smallest absolute Gasteiger partial charge is 0.336 e. The number of hydrogen-bond donors (Lipinski definition) is 2. The lowest BCUT2D eigenvalue weighted by Crippen LogP contribution is -2.08. The molecular formula is C13H12N2O3S. The molecule has 1 aromatic heterocycles. The predicted octanol–water partition coefficient (Wildman–Crippen LogP) is 2.24. The zero-order valence-corrected chi connectivity index (χ0v) is 11.2. The van der Waals surface area contributed by atoms with E-state index in [-0.39, 0.29) is 11.1 Å². The van der Waals surface area contributed by atoms with Gasteiger partial charge in [-0.05, 0) is 31.5 Å². The van der Waals surface area contributed by atoms with Gasteiger partial charge in [0.2, 0.25) is 0 Å². The van der Waals surface area contributed by atoms with Crippen LogP contribution >= 0.6 is 11.8 Å². The van der Waals surface area contributed by atoms with E-state index in [9.17, 15) is 9.59 Å². The third-order valence-electron chi connectivity index (χ3n) is 2.42. The van der Waals surface area contributed by atoms with Crippen molar-refractivity contribution in [3.63, 3.8) is 0 Å². The Bertz CT molecular complexity index is 695. The van der Waals surface area contributed by atoms with Crippen LogP contribution in [0.4, 0.5) is 0 Å². The molecule has 0 bridgehead atoms. The van der Waals surface area contributed by atoms with E-state index < -0.39 is 5.97 Å². The molecule has 0 aliphatic heterocycles. The number of H-pyrrole nitrogens is 1. The van der Waals surface area contributed by atoms with Crippen LogP contribution in [0.5, 0.6) is 0 Å². The monoisotopic (exact) mass is 276 g/mol. The second kappa shape index (κ2) is 5.27. The number of rotatable bonds is 3. The van der Waals surface area contributed by atoms with Crippen LogP contribution in [0.25, 0.3) is 0 Å². The maximum atomic E-state index is 11.4. The van der Waals surface area contributed by atoms with E-state index >= 15 is 0 Å². The zero-order valence-electron chi connectivity index (χ0n) is 10.4. The number of carbonyl (C=O) groups is 1. The van der Waals surface area contributed by atoms with E-state index in [1.54, 1.807) is 25.1 Å². The van der Waals surface area contributed by atoms with E-state index in [0.29, 0.717) is 15.7 Å². The summed E-state index contributed by atoms with van der Waals surface area (Å²) < 4.78 is 0. The fourth-order valence-electron chi connectivity index (χ4n) is 1.59. The molecule has 0 aliphatic carbocycles. The van der Waals surface area contributed by atoms with Gasteiger partial charge in [0.05, 0.1) is 5.56 Å². The lowest BCUT2D eigenvalue weighted by atomic mass is 10.1. The number of nitrogens with zero attached hydrogens (tertiary/aromatic N) is 1. The van der Waals surface area contributed by atoms with E-state index in [0.717, 1.165) is 17.3 Å². The van der Waals surface area contributed by atoms with Crippen LogP contribution in [-0.4, -0.2) is 21.0 Å². The molecule has 0 saturated carbocycles. The van der Waals surface area contributed by atoms with Gasteiger partial charge in [-0.3, -0.25) is 4.79 Å². The molecule has 6 heteroatoms. The summed E-state index contributed by atoms with van der Waals surface area (Å²) in [5.41, 5.74) is 1.48. The van der Waals surface area contributed by atoms with Gasteiger partial charge in [0, 0.05) is 16.7 Å². The van der Waals surface area contributed by atoms with Gasteiger partial charge < -0.3 is 10.1 Å². The Balaban J connectivity index is 2.45. The Labute approximate surface area is 113 Å². The van der Waals surface area contributed by atoms with Crippen LogP contribution in [0.15, 0.2) is 39.1 Å². The average molecular weight is 276 g/mol. The summed E-state index contributed by atoms with van der Waals surface area (Å²) in [6, 6.07) is 6.43. The molecule has 0 radical (unpaired) electrons. The molecule has 2 aromatic rings. The van der Waals surface area contributed by atoms with Crippen LogP contribution in [0.1, 0.15) is 21.6 Å². The second-order valence-corrected chi connectivity index (χ2v) is 5.13. The summed E-state index contributed by atoms with van der Waals surface area (Å²) in [6.45, 7) is 3.59. The number of hydrogen-bond acceptors (Lipinski definition) is 4. The molecule has 1 heterocycles. The summed E-state index contributed by atoms with van der Waals surface area (Å²) >= 11 is 1.14. The predicted molar refractivity (Wildman–Crippen MR) is 71.9 cm³/mol. The summed E-state index contributed by atoms with van der Waals surface area (Å²) in [5, 5.41) is 9.53. The maximum absolute atomic E-state index is 11.4. The molecule has 0 amide bonds. The molecule has 2 N–H and O–H groups in total. The Kier molecular flexibility index (Phi) is 3.71. The molecule has 0 saturated heterocycles. The normalized spacial score (nSPS) is 10.4. The summed E-state index contributed by atoms with van der Waals surface area (Å²) in [5.74, 6) is -1.00. The number of aromatic amines is 1. The van der Waals surface area contributed by atoms with Crippen molar-refractivity contribution in [2.45, 2.75) is 23.9 Å². The fourth-order valence-corrected chi connectivity index (χ4v) is 2.65. The largest absolute Gasteiger partial charge is 0.478 e. The first-order chi connectivity index (χ1) is 8.95. The van der Waals surface area contributed by atoms with Gasteiger partial charge in [-0.1, -0.05) is 17.8 Å². The third kappa shape index (κ3) is 3.23. The highest BCUT2D eigenvalue weighted by molar-refractivity contribution is 7.99. The van der Waals surface area contributed by atoms with Crippen LogP contribution < -0.4 is 5.56 Å². The molecule has 0 fully saturated rings. The highest BCUT2D eigenvalue weighted by Crippen LogP contribution is 2.28. The Hall–Kier alpha value is -2.08. The van der Waals surface area contributed by atoms with Crippen LogP contribution in [-0.2, 0) is 0 Å². The molecular weight excluding hydrogens is 264 g/mol. The number of nitrogens with one attached hydrogen (secondary N) is 1. The van der Waals surface area contributed by atoms with Gasteiger partial charge in [0.25, 0.3) is 5.56 Å². The number of carboxylic acid groups (broad SMARTS) is 1. The van der Waals surface area contributed by atoms with Crippen molar-refractivity contribution < 1.29 is 9.90 Å². The highest BCUT2D eigenvalue weighted by atomic mass is 32.2. The molecule has 0 unspecified atom stereocenters. The van der Waals surface area contributed by atoms with E-state index in [2.05, 4.69) is 9.97 Å². The minimum absolute atomic E-state index is 0.194. The molecule has 5 nitrogen and oxygen atoms in total. The second-order valence-electron chi connectivity index (χ2n) is 4.10. The lowest BCUT2D eigenvalue weighted by molar-refractivity contribution is 0.0693. The SMILES string of the molecule is Cc1ccc(C(=O)O)c(Sc2nc(C)cc(=O)[nH]2)c1. The molecule has 2 rings (SSSR count). The van der Waals surface area contributed by atoms with Crippen LogP contribution in [0.3, 0.4) is 0 Å². The molecule has 0 spiro atoms. The zero-order chi connectivity index (χ0) is 14.0. The Morgan fingerprint density at radius 1 is 1.32 bits per heavy atom. The first-order valence-corrected chi connectivity index (χ1v) is 6.37. The highest BCUT2D eigenvalue weighted by Gasteiger charge is 2.12. The van der Waals surface area contributed by atoms with Gasteiger partial charge in [-0.25, -0.2) is 9.78 Å².